The first-order valence-electron chi connectivity index (χ1n) is 10.6. The molecular weight excluding hydrogens is 418 g/mol. The highest BCUT2D eigenvalue weighted by molar-refractivity contribution is 5.94. The Bertz CT molecular complexity index is 947. The molecule has 1 heterocycles. The molecule has 0 spiro atoms. The molecule has 0 aromatic heterocycles. The predicted molar refractivity (Wildman–Crippen MR) is 117 cm³/mol. The fraction of sp³-hybridized carbons (Fsp3) is 0.391. The van der Waals surface area contributed by atoms with Gasteiger partial charge < -0.3 is 25.8 Å². The Kier molecular flexibility index (Phi) is 8.13. The molecule has 1 fully saturated rings. The van der Waals surface area contributed by atoms with E-state index in [0.29, 0.717) is 18.4 Å². The Morgan fingerprint density at radius 1 is 1.22 bits per heavy atom. The minimum Gasteiger partial charge on any atom is -0.487 e. The van der Waals surface area contributed by atoms with Gasteiger partial charge in [0.05, 0.1) is 5.56 Å². The molecule has 0 saturated carbocycles. The van der Waals surface area contributed by atoms with Crippen LogP contribution in [-0.2, 0) is 16.1 Å². The van der Waals surface area contributed by atoms with Crippen molar-refractivity contribution in [2.75, 3.05) is 19.7 Å². The van der Waals surface area contributed by atoms with Crippen molar-refractivity contribution in [3.05, 3.63) is 64.7 Å². The Hall–Kier alpha value is -3.04. The number of hydrogen-bond donors (Lipinski definition) is 4. The molecule has 0 aliphatic carbocycles. The van der Waals surface area contributed by atoms with Crippen molar-refractivity contribution in [1.82, 2.24) is 10.6 Å². The molecule has 1 saturated heterocycles. The van der Waals surface area contributed by atoms with E-state index >= 15 is 4.39 Å². The average molecular weight is 446 g/mol. The van der Waals surface area contributed by atoms with Crippen LogP contribution in [0.25, 0.3) is 0 Å². The number of piperidine rings is 1. The van der Waals surface area contributed by atoms with Crippen molar-refractivity contribution in [2.45, 2.75) is 38.5 Å². The second-order valence-electron chi connectivity index (χ2n) is 7.50. The van der Waals surface area contributed by atoms with Gasteiger partial charge in [-0.3, -0.25) is 10.2 Å². The van der Waals surface area contributed by atoms with Gasteiger partial charge in [-0.05, 0) is 50.6 Å². The van der Waals surface area contributed by atoms with Gasteiger partial charge in [0.1, 0.15) is 17.8 Å². The van der Waals surface area contributed by atoms with Crippen molar-refractivity contribution in [3.8, 4) is 5.75 Å². The van der Waals surface area contributed by atoms with E-state index in [1.54, 1.807) is 31.2 Å². The highest BCUT2D eigenvalue weighted by Crippen LogP contribution is 2.31. The number of rotatable bonds is 9. The van der Waals surface area contributed by atoms with Crippen molar-refractivity contribution in [2.24, 2.45) is 5.73 Å². The number of benzene rings is 2. The number of hydrogen-bond acceptors (Lipinski definition) is 5. The summed E-state index contributed by atoms with van der Waals surface area (Å²) in [4.78, 5) is 12.8. The van der Waals surface area contributed by atoms with E-state index in [2.05, 4.69) is 10.6 Å². The molecule has 172 valence electrons. The van der Waals surface area contributed by atoms with Crippen molar-refractivity contribution >= 4 is 11.7 Å². The number of amidine groups is 1. The first-order chi connectivity index (χ1) is 15.4. The normalized spacial score (nSPS) is 15.2. The Balaban J connectivity index is 1.76. The van der Waals surface area contributed by atoms with Crippen LogP contribution in [0.1, 0.15) is 42.6 Å². The molecule has 1 amide bonds. The van der Waals surface area contributed by atoms with Crippen LogP contribution >= 0.6 is 0 Å². The lowest BCUT2D eigenvalue weighted by Crippen LogP contribution is -2.34. The van der Waals surface area contributed by atoms with Gasteiger partial charge in [-0.15, -0.1) is 0 Å². The van der Waals surface area contributed by atoms with E-state index < -0.39 is 29.2 Å². The number of nitrogens with two attached hydrogens (primary N) is 1. The van der Waals surface area contributed by atoms with Gasteiger partial charge in [0.25, 0.3) is 5.91 Å². The lowest BCUT2D eigenvalue weighted by Gasteiger charge is -2.25. The van der Waals surface area contributed by atoms with Crippen LogP contribution in [0.5, 0.6) is 5.75 Å². The van der Waals surface area contributed by atoms with E-state index in [1.165, 1.54) is 6.07 Å². The van der Waals surface area contributed by atoms with E-state index in [4.69, 9.17) is 20.6 Å². The van der Waals surface area contributed by atoms with Crippen molar-refractivity contribution in [3.63, 3.8) is 0 Å². The second-order valence-corrected chi connectivity index (χ2v) is 7.50. The molecule has 2 aromatic rings. The molecule has 1 aliphatic rings. The summed E-state index contributed by atoms with van der Waals surface area (Å²) in [6, 6.07) is 9.07. The fourth-order valence-corrected chi connectivity index (χ4v) is 3.51. The maximum Gasteiger partial charge on any atom is 0.254 e. The summed E-state index contributed by atoms with van der Waals surface area (Å²) in [5, 5.41) is 13.3. The maximum absolute atomic E-state index is 15.2. The summed E-state index contributed by atoms with van der Waals surface area (Å²) in [5.74, 6) is -2.62. The van der Waals surface area contributed by atoms with Gasteiger partial charge in [0.15, 0.2) is 17.7 Å². The maximum atomic E-state index is 15.2. The third-order valence-corrected chi connectivity index (χ3v) is 5.24. The molecule has 0 bridgehead atoms. The Morgan fingerprint density at radius 2 is 1.91 bits per heavy atom. The zero-order valence-electron chi connectivity index (χ0n) is 17.9. The number of nitrogen functional groups attached to an aromatic ring is 1. The van der Waals surface area contributed by atoms with E-state index in [-0.39, 0.29) is 30.8 Å². The van der Waals surface area contributed by atoms with Crippen molar-refractivity contribution in [1.29, 1.82) is 5.41 Å². The quantitative estimate of drug-likeness (QED) is 0.350. The second kappa shape index (κ2) is 11.0. The SMILES string of the molecule is CCOC(C(=O)NCc1ccc(C(=N)N)cc1)c1c(F)ccc(OC2CCNCC2)c1F. The summed E-state index contributed by atoms with van der Waals surface area (Å²) in [6.45, 7) is 3.38. The standard InChI is InChI=1S/C23H28F2N4O3/c1-2-31-21(23(30)29-13-14-3-5-15(6-4-14)22(26)27)19-17(24)7-8-18(20(19)25)32-16-9-11-28-12-10-16/h3-8,16,21,28H,2,9-13H2,1H3,(H3,26,27)(H,29,30). The average Bonchev–Trinajstić information content (AvgIpc) is 2.80. The first-order valence-corrected chi connectivity index (χ1v) is 10.6. The van der Waals surface area contributed by atoms with E-state index in [0.717, 1.165) is 24.7 Å². The largest absolute Gasteiger partial charge is 0.487 e. The fourth-order valence-electron chi connectivity index (χ4n) is 3.51. The number of halogens is 2. The molecule has 3 rings (SSSR count). The number of ether oxygens (including phenoxy) is 2. The highest BCUT2D eigenvalue weighted by Gasteiger charge is 2.30. The highest BCUT2D eigenvalue weighted by atomic mass is 19.1. The van der Waals surface area contributed by atoms with Gasteiger partial charge >= 0.3 is 0 Å². The molecule has 1 aliphatic heterocycles. The Labute approximate surface area is 185 Å². The molecule has 9 heteroatoms. The van der Waals surface area contributed by atoms with Crippen LogP contribution < -0.4 is 21.1 Å². The van der Waals surface area contributed by atoms with Gasteiger partial charge in [0, 0.05) is 18.7 Å². The molecule has 2 aromatic carbocycles. The topological polar surface area (TPSA) is 109 Å². The summed E-state index contributed by atoms with van der Waals surface area (Å²) < 4.78 is 41.0. The van der Waals surface area contributed by atoms with Gasteiger partial charge in [0.2, 0.25) is 0 Å². The summed E-state index contributed by atoms with van der Waals surface area (Å²) in [6.07, 6.45) is -0.220. The van der Waals surface area contributed by atoms with Gasteiger partial charge in [-0.1, -0.05) is 24.3 Å². The lowest BCUT2D eigenvalue weighted by molar-refractivity contribution is -0.133. The summed E-state index contributed by atoms with van der Waals surface area (Å²) in [7, 11) is 0. The third kappa shape index (κ3) is 5.80. The smallest absolute Gasteiger partial charge is 0.254 e. The van der Waals surface area contributed by atoms with Crippen LogP contribution in [0.15, 0.2) is 36.4 Å². The van der Waals surface area contributed by atoms with Crippen LogP contribution in [0.2, 0.25) is 0 Å². The Morgan fingerprint density at radius 3 is 2.53 bits per heavy atom. The zero-order chi connectivity index (χ0) is 23.1. The van der Waals surface area contributed by atoms with E-state index in [9.17, 15) is 9.18 Å². The molecule has 0 radical (unpaired) electrons. The lowest BCUT2D eigenvalue weighted by atomic mass is 10.1. The van der Waals surface area contributed by atoms with E-state index in [1.807, 2.05) is 0 Å². The first kappa shape index (κ1) is 23.6. The van der Waals surface area contributed by atoms with Crippen molar-refractivity contribution < 1.29 is 23.0 Å². The zero-order valence-corrected chi connectivity index (χ0v) is 17.9. The number of amides is 1. The van der Waals surface area contributed by atoms with Crippen LogP contribution in [0.4, 0.5) is 8.78 Å². The third-order valence-electron chi connectivity index (χ3n) is 5.24. The van der Waals surface area contributed by atoms with Gasteiger partial charge in [-0.25, -0.2) is 8.78 Å². The van der Waals surface area contributed by atoms with Crippen LogP contribution in [0, 0.1) is 17.0 Å². The van der Waals surface area contributed by atoms with Gasteiger partial charge in [-0.2, -0.15) is 0 Å². The molecule has 32 heavy (non-hydrogen) atoms. The molecular formula is C23H28F2N4O3. The minimum absolute atomic E-state index is 0.0606. The van der Waals surface area contributed by atoms with Crippen LogP contribution in [-0.4, -0.2) is 37.5 Å². The minimum atomic E-state index is -1.46. The molecule has 7 nitrogen and oxygen atoms in total. The number of nitrogens with one attached hydrogen (secondary N) is 3. The summed E-state index contributed by atoms with van der Waals surface area (Å²) in [5.41, 5.74) is 6.26. The predicted octanol–water partition coefficient (Wildman–Crippen LogP) is 2.77. The monoisotopic (exact) mass is 446 g/mol. The summed E-state index contributed by atoms with van der Waals surface area (Å²) >= 11 is 0. The molecule has 5 N–H and O–H groups in total. The molecule has 1 atom stereocenters. The molecule has 1 unspecified atom stereocenters. The number of carbonyl (C=O) groups excluding carboxylic acids is 1. The van der Waals surface area contributed by atoms with Crippen LogP contribution in [0.3, 0.4) is 0 Å². The number of carbonyl (C=O) groups is 1.